The molecule has 146 valence electrons. The molecule has 0 aliphatic rings. The Kier molecular flexibility index (Phi) is 5.85. The van der Waals surface area contributed by atoms with Gasteiger partial charge in [-0.25, -0.2) is 14.5 Å². The first kappa shape index (κ1) is 19.7. The smallest absolute Gasteiger partial charge is 0.321 e. The number of nitrogens with two attached hydrogens (primary N) is 1. The number of nitrogens with zero attached hydrogens (tertiary/aromatic N) is 2. The Balaban J connectivity index is 1.90. The summed E-state index contributed by atoms with van der Waals surface area (Å²) in [6.45, 7) is 0. The second-order valence-electron chi connectivity index (χ2n) is 5.54. The van der Waals surface area contributed by atoms with Crippen LogP contribution in [0, 0.1) is 0 Å². The molecular formula is C17H17N5O4S2. The van der Waals surface area contributed by atoms with E-state index in [1.54, 1.807) is 13.2 Å². The molecule has 4 N–H and O–H groups in total. The number of thioether (sulfide) groups is 1. The van der Waals surface area contributed by atoms with Gasteiger partial charge in [0.25, 0.3) is 5.56 Å². The molecule has 9 nitrogen and oxygen atoms in total. The van der Waals surface area contributed by atoms with E-state index in [2.05, 4.69) is 15.6 Å². The third-order valence-corrected chi connectivity index (χ3v) is 5.83. The van der Waals surface area contributed by atoms with Gasteiger partial charge < -0.3 is 15.9 Å². The van der Waals surface area contributed by atoms with Gasteiger partial charge in [-0.2, -0.15) is 0 Å². The van der Waals surface area contributed by atoms with Crippen LogP contribution in [0.15, 0.2) is 40.3 Å². The first-order chi connectivity index (χ1) is 13.4. The van der Waals surface area contributed by atoms with E-state index in [1.807, 2.05) is 24.3 Å². The lowest BCUT2D eigenvalue weighted by Gasteiger charge is -2.06. The number of methoxy groups -OCH3 is 1. The Morgan fingerprint density at radius 2 is 2.14 bits per heavy atom. The summed E-state index contributed by atoms with van der Waals surface area (Å²) in [7, 11) is 2.99. The van der Waals surface area contributed by atoms with Gasteiger partial charge in [-0.1, -0.05) is 23.9 Å². The number of fused-ring (bicyclic) bond motifs is 1. The van der Waals surface area contributed by atoms with Crippen LogP contribution in [-0.2, 0) is 4.79 Å². The third-order valence-electron chi connectivity index (χ3n) is 3.71. The minimum Gasteiger partial charge on any atom is -0.497 e. The van der Waals surface area contributed by atoms with Gasteiger partial charge in [0, 0.05) is 11.9 Å². The summed E-state index contributed by atoms with van der Waals surface area (Å²) in [5, 5.41) is 4.59. The van der Waals surface area contributed by atoms with E-state index in [9.17, 15) is 14.4 Å². The average molecular weight is 419 g/mol. The molecule has 3 amide bonds. The van der Waals surface area contributed by atoms with Crippen LogP contribution in [0.25, 0.3) is 20.7 Å². The molecule has 2 heterocycles. The number of rotatable bonds is 5. The molecule has 3 aromatic rings. The Morgan fingerprint density at radius 3 is 2.86 bits per heavy atom. The van der Waals surface area contributed by atoms with Crippen LogP contribution in [-0.4, -0.2) is 41.5 Å². The number of carbonyl (C=O) groups excluding carboxylic acids is 2. The van der Waals surface area contributed by atoms with Gasteiger partial charge >= 0.3 is 6.03 Å². The van der Waals surface area contributed by atoms with E-state index in [0.29, 0.717) is 16.0 Å². The van der Waals surface area contributed by atoms with Crippen LogP contribution in [0.5, 0.6) is 5.75 Å². The second kappa shape index (κ2) is 8.31. The Bertz CT molecular complexity index is 1110. The minimum absolute atomic E-state index is 0.116. The number of thiophene rings is 1. The molecule has 0 saturated heterocycles. The lowest BCUT2D eigenvalue weighted by Crippen LogP contribution is -2.38. The minimum atomic E-state index is -0.611. The normalized spacial score (nSPS) is 10.6. The molecule has 1 aromatic carbocycles. The summed E-state index contributed by atoms with van der Waals surface area (Å²) in [6.07, 6.45) is 0. The predicted molar refractivity (Wildman–Crippen MR) is 109 cm³/mol. The number of benzene rings is 1. The number of aromatic nitrogens is 2. The van der Waals surface area contributed by atoms with E-state index in [1.165, 1.54) is 18.4 Å². The molecule has 3 rings (SSSR count). The molecule has 28 heavy (non-hydrogen) atoms. The zero-order chi connectivity index (χ0) is 20.3. The fourth-order valence-corrected chi connectivity index (χ4v) is 4.09. The van der Waals surface area contributed by atoms with E-state index in [4.69, 9.17) is 10.6 Å². The van der Waals surface area contributed by atoms with Crippen molar-refractivity contribution in [2.75, 3.05) is 25.8 Å². The largest absolute Gasteiger partial charge is 0.497 e. The summed E-state index contributed by atoms with van der Waals surface area (Å²) in [6, 6.07) is 8.66. The Labute approximate surface area is 167 Å². The van der Waals surface area contributed by atoms with E-state index in [-0.39, 0.29) is 10.9 Å². The van der Waals surface area contributed by atoms with Crippen molar-refractivity contribution >= 4 is 45.3 Å². The molecule has 0 saturated carbocycles. The van der Waals surface area contributed by atoms with Gasteiger partial charge in [-0.3, -0.25) is 14.9 Å². The second-order valence-corrected chi connectivity index (χ2v) is 7.54. The molecule has 0 fully saturated rings. The summed E-state index contributed by atoms with van der Waals surface area (Å²) >= 11 is 2.25. The molecule has 2 aromatic heterocycles. The topological polar surface area (TPSA) is 128 Å². The Morgan fingerprint density at radius 1 is 1.36 bits per heavy atom. The van der Waals surface area contributed by atoms with Crippen molar-refractivity contribution in [1.29, 1.82) is 0 Å². The van der Waals surface area contributed by atoms with Gasteiger partial charge in [0.05, 0.1) is 18.4 Å². The van der Waals surface area contributed by atoms with Crippen molar-refractivity contribution in [3.8, 4) is 16.2 Å². The van der Waals surface area contributed by atoms with Crippen molar-refractivity contribution in [3.63, 3.8) is 0 Å². The number of ether oxygens (including phenoxy) is 1. The number of amides is 3. The SMILES string of the molecule is CNC(=O)NC(=O)CSc1nc2cc(-c3cccc(OC)c3)sc2c(=O)n1N. The van der Waals surface area contributed by atoms with Crippen LogP contribution in [0.3, 0.4) is 0 Å². The Hall–Kier alpha value is -3.05. The maximum absolute atomic E-state index is 12.6. The van der Waals surface area contributed by atoms with Crippen molar-refractivity contribution in [2.45, 2.75) is 5.16 Å². The van der Waals surface area contributed by atoms with Crippen molar-refractivity contribution in [2.24, 2.45) is 0 Å². The molecule has 0 aliphatic carbocycles. The molecule has 0 atom stereocenters. The summed E-state index contributed by atoms with van der Waals surface area (Å²) in [5.41, 5.74) is 0.978. The highest BCUT2D eigenvalue weighted by atomic mass is 32.2. The maximum Gasteiger partial charge on any atom is 0.321 e. The fourth-order valence-electron chi connectivity index (χ4n) is 2.35. The lowest BCUT2D eigenvalue weighted by atomic mass is 10.2. The van der Waals surface area contributed by atoms with Gasteiger partial charge in [0.15, 0.2) is 5.16 Å². The zero-order valence-corrected chi connectivity index (χ0v) is 16.6. The van der Waals surface area contributed by atoms with Crippen LogP contribution in [0.2, 0.25) is 0 Å². The molecule has 0 spiro atoms. The first-order valence-corrected chi connectivity index (χ1v) is 9.83. The van der Waals surface area contributed by atoms with Gasteiger partial charge in [0.2, 0.25) is 5.91 Å². The fraction of sp³-hybridized carbons (Fsp3) is 0.176. The monoisotopic (exact) mass is 419 g/mol. The average Bonchev–Trinajstić information content (AvgIpc) is 3.14. The molecule has 0 bridgehead atoms. The van der Waals surface area contributed by atoms with Crippen molar-refractivity contribution in [3.05, 3.63) is 40.7 Å². The lowest BCUT2D eigenvalue weighted by molar-refractivity contribution is -0.117. The number of carbonyl (C=O) groups is 2. The van der Waals surface area contributed by atoms with Crippen LogP contribution in [0.1, 0.15) is 0 Å². The van der Waals surface area contributed by atoms with Crippen molar-refractivity contribution in [1.82, 2.24) is 20.3 Å². The molecule has 0 unspecified atom stereocenters. The molecule has 0 aliphatic heterocycles. The summed E-state index contributed by atoms with van der Waals surface area (Å²) in [5.74, 6) is 5.92. The van der Waals surface area contributed by atoms with Crippen LogP contribution < -0.4 is 26.8 Å². The number of nitrogen functional groups attached to an aromatic ring is 1. The van der Waals surface area contributed by atoms with Crippen LogP contribution >= 0.6 is 23.1 Å². The molecule has 0 radical (unpaired) electrons. The van der Waals surface area contributed by atoms with Crippen LogP contribution in [0.4, 0.5) is 4.79 Å². The number of urea groups is 1. The quantitative estimate of drug-likeness (QED) is 0.324. The number of hydrogen-bond acceptors (Lipinski definition) is 8. The predicted octanol–water partition coefficient (Wildman–Crippen LogP) is 1.40. The number of hydrogen-bond donors (Lipinski definition) is 3. The highest BCUT2D eigenvalue weighted by Crippen LogP contribution is 2.33. The number of nitrogens with one attached hydrogen (secondary N) is 2. The highest BCUT2D eigenvalue weighted by molar-refractivity contribution is 7.99. The van der Waals surface area contributed by atoms with Gasteiger partial charge in [0.1, 0.15) is 10.4 Å². The van der Waals surface area contributed by atoms with E-state index >= 15 is 0 Å². The van der Waals surface area contributed by atoms with Gasteiger partial charge in [-0.15, -0.1) is 11.3 Å². The molecule has 11 heteroatoms. The highest BCUT2D eigenvalue weighted by Gasteiger charge is 2.16. The van der Waals surface area contributed by atoms with Crippen molar-refractivity contribution < 1.29 is 14.3 Å². The first-order valence-electron chi connectivity index (χ1n) is 8.03. The van der Waals surface area contributed by atoms with Gasteiger partial charge in [-0.05, 0) is 23.8 Å². The zero-order valence-electron chi connectivity index (χ0n) is 15.0. The molecular weight excluding hydrogens is 402 g/mol. The van der Waals surface area contributed by atoms with E-state index < -0.39 is 17.5 Å². The maximum atomic E-state index is 12.6. The standard InChI is InChI=1S/C17H17N5O4S2/c1-19-16(25)21-13(23)8-27-17-20-11-7-12(28-14(11)15(24)22(17)18)9-4-3-5-10(6-9)26-2/h3-7H,8,18H2,1-2H3,(H2,19,21,23,25). The third kappa shape index (κ3) is 4.10. The summed E-state index contributed by atoms with van der Waals surface area (Å²) in [4.78, 5) is 40.7. The van der Waals surface area contributed by atoms with E-state index in [0.717, 1.165) is 26.9 Å². The summed E-state index contributed by atoms with van der Waals surface area (Å²) < 4.78 is 6.56. The number of imide groups is 1.